The van der Waals surface area contributed by atoms with E-state index in [1.807, 2.05) is 0 Å². The molecule has 2 unspecified atom stereocenters. The summed E-state index contributed by atoms with van der Waals surface area (Å²) >= 11 is 0. The van der Waals surface area contributed by atoms with Gasteiger partial charge in [-0.15, -0.1) is 0 Å². The standard InChI is InChI=1S/C14H26N4O2S/c1-4-15-6-5-7-18-11-14(9-16-18)21(19,20)17(3)10-13-8-12(13)2/h9,11-13,15H,4-8,10H2,1-3H3. The van der Waals surface area contributed by atoms with Crippen LogP contribution in [-0.4, -0.2) is 49.2 Å². The normalized spacial score (nSPS) is 21.9. The molecule has 2 rings (SSSR count). The van der Waals surface area contributed by atoms with E-state index >= 15 is 0 Å². The third-order valence-electron chi connectivity index (χ3n) is 4.08. The number of aromatic nitrogens is 2. The summed E-state index contributed by atoms with van der Waals surface area (Å²) in [7, 11) is -1.74. The molecule has 1 heterocycles. The third kappa shape index (κ3) is 4.28. The van der Waals surface area contributed by atoms with E-state index in [9.17, 15) is 8.42 Å². The molecule has 120 valence electrons. The van der Waals surface area contributed by atoms with Crippen molar-refractivity contribution in [3.63, 3.8) is 0 Å². The Balaban J connectivity index is 1.92. The van der Waals surface area contributed by atoms with Gasteiger partial charge in [-0.3, -0.25) is 4.68 Å². The van der Waals surface area contributed by atoms with E-state index < -0.39 is 10.0 Å². The zero-order chi connectivity index (χ0) is 15.5. The minimum atomic E-state index is -3.40. The molecule has 1 N–H and O–H groups in total. The van der Waals surface area contributed by atoms with Gasteiger partial charge in [0, 0.05) is 26.3 Å². The molecule has 2 atom stereocenters. The van der Waals surface area contributed by atoms with Gasteiger partial charge in [0.05, 0.1) is 6.20 Å². The first-order chi connectivity index (χ1) is 9.95. The molecule has 1 aliphatic carbocycles. The monoisotopic (exact) mass is 314 g/mol. The number of nitrogens with one attached hydrogen (secondary N) is 1. The molecule has 0 amide bonds. The van der Waals surface area contributed by atoms with Gasteiger partial charge < -0.3 is 5.32 Å². The summed E-state index contributed by atoms with van der Waals surface area (Å²) in [6.45, 7) is 7.42. The molecule has 0 bridgehead atoms. The largest absolute Gasteiger partial charge is 0.317 e. The Labute approximate surface area is 127 Å². The van der Waals surface area contributed by atoms with E-state index in [0.717, 1.165) is 32.5 Å². The second kappa shape index (κ2) is 6.89. The zero-order valence-corrected chi connectivity index (χ0v) is 13.9. The quantitative estimate of drug-likeness (QED) is 0.695. The van der Waals surface area contributed by atoms with Crippen molar-refractivity contribution in [2.75, 3.05) is 26.7 Å². The van der Waals surface area contributed by atoms with Crippen molar-refractivity contribution in [3.8, 4) is 0 Å². The van der Waals surface area contributed by atoms with Crippen molar-refractivity contribution >= 4 is 10.0 Å². The maximum absolute atomic E-state index is 12.5. The Hall–Kier alpha value is -0.920. The first-order valence-electron chi connectivity index (χ1n) is 7.64. The van der Waals surface area contributed by atoms with Gasteiger partial charge in [0.25, 0.3) is 0 Å². The Morgan fingerprint density at radius 1 is 1.52 bits per heavy atom. The number of nitrogens with zero attached hydrogens (tertiary/aromatic N) is 3. The second-order valence-corrected chi connectivity index (χ2v) is 7.95. The van der Waals surface area contributed by atoms with Gasteiger partial charge in [-0.2, -0.15) is 5.10 Å². The Kier molecular flexibility index (Phi) is 5.40. The van der Waals surface area contributed by atoms with Crippen LogP contribution >= 0.6 is 0 Å². The highest BCUT2D eigenvalue weighted by atomic mass is 32.2. The molecule has 0 aromatic carbocycles. The van der Waals surface area contributed by atoms with Crippen LogP contribution < -0.4 is 5.32 Å². The Morgan fingerprint density at radius 2 is 2.24 bits per heavy atom. The maximum atomic E-state index is 12.5. The van der Waals surface area contributed by atoms with Crippen LogP contribution in [0.15, 0.2) is 17.3 Å². The zero-order valence-electron chi connectivity index (χ0n) is 13.1. The van der Waals surface area contributed by atoms with Crippen LogP contribution in [0.4, 0.5) is 0 Å². The number of hydrogen-bond acceptors (Lipinski definition) is 4. The molecule has 0 aliphatic heterocycles. The summed E-state index contributed by atoms with van der Waals surface area (Å²) in [6, 6.07) is 0. The highest BCUT2D eigenvalue weighted by molar-refractivity contribution is 7.89. The lowest BCUT2D eigenvalue weighted by molar-refractivity contribution is 0.444. The van der Waals surface area contributed by atoms with Gasteiger partial charge in [0.1, 0.15) is 4.90 Å². The van der Waals surface area contributed by atoms with Crippen LogP contribution in [0, 0.1) is 11.8 Å². The van der Waals surface area contributed by atoms with Crippen LogP contribution in [-0.2, 0) is 16.6 Å². The molecular weight excluding hydrogens is 288 g/mol. The lowest BCUT2D eigenvalue weighted by Crippen LogP contribution is -2.29. The van der Waals surface area contributed by atoms with Crippen LogP contribution in [0.3, 0.4) is 0 Å². The van der Waals surface area contributed by atoms with E-state index in [4.69, 9.17) is 0 Å². The van der Waals surface area contributed by atoms with Crippen molar-refractivity contribution in [3.05, 3.63) is 12.4 Å². The Bertz CT molecular complexity index is 555. The van der Waals surface area contributed by atoms with Crippen molar-refractivity contribution < 1.29 is 8.42 Å². The van der Waals surface area contributed by atoms with Gasteiger partial charge in [0.2, 0.25) is 10.0 Å². The molecule has 1 aromatic rings. The van der Waals surface area contributed by atoms with Crippen molar-refractivity contribution in [1.82, 2.24) is 19.4 Å². The molecule has 0 saturated heterocycles. The number of hydrogen-bond donors (Lipinski definition) is 1. The molecule has 6 nitrogen and oxygen atoms in total. The fourth-order valence-corrected chi connectivity index (χ4v) is 3.59. The molecule has 1 aromatic heterocycles. The smallest absolute Gasteiger partial charge is 0.245 e. The van der Waals surface area contributed by atoms with Crippen molar-refractivity contribution in [2.24, 2.45) is 11.8 Å². The van der Waals surface area contributed by atoms with Crippen molar-refractivity contribution in [2.45, 2.75) is 38.1 Å². The second-order valence-electron chi connectivity index (χ2n) is 5.90. The minimum absolute atomic E-state index is 0.293. The highest BCUT2D eigenvalue weighted by Crippen LogP contribution is 2.38. The number of rotatable bonds is 9. The molecule has 1 fully saturated rings. The summed E-state index contributed by atoms with van der Waals surface area (Å²) < 4.78 is 28.1. The van der Waals surface area contributed by atoms with E-state index in [2.05, 4.69) is 24.3 Å². The van der Waals surface area contributed by atoms with Crippen LogP contribution in [0.2, 0.25) is 0 Å². The van der Waals surface area contributed by atoms with E-state index in [1.165, 1.54) is 10.5 Å². The average molecular weight is 314 g/mol. The number of sulfonamides is 1. The predicted octanol–water partition coefficient (Wildman–Crippen LogP) is 1.16. The lowest BCUT2D eigenvalue weighted by Gasteiger charge is -2.15. The number of aryl methyl sites for hydroxylation is 1. The van der Waals surface area contributed by atoms with Crippen LogP contribution in [0.5, 0.6) is 0 Å². The topological polar surface area (TPSA) is 67.2 Å². The summed E-state index contributed by atoms with van der Waals surface area (Å²) in [5.41, 5.74) is 0. The molecule has 0 spiro atoms. The lowest BCUT2D eigenvalue weighted by atomic mass is 10.3. The van der Waals surface area contributed by atoms with Crippen LogP contribution in [0.25, 0.3) is 0 Å². The molecule has 1 saturated carbocycles. The molecule has 21 heavy (non-hydrogen) atoms. The van der Waals surface area contributed by atoms with E-state index in [-0.39, 0.29) is 0 Å². The first-order valence-corrected chi connectivity index (χ1v) is 9.08. The van der Waals surface area contributed by atoms with Crippen molar-refractivity contribution in [1.29, 1.82) is 0 Å². The fourth-order valence-electron chi connectivity index (χ4n) is 2.40. The first kappa shape index (κ1) is 16.5. The summed E-state index contributed by atoms with van der Waals surface area (Å²) in [5.74, 6) is 1.16. The summed E-state index contributed by atoms with van der Waals surface area (Å²) in [4.78, 5) is 0.293. The van der Waals surface area contributed by atoms with Gasteiger partial charge in [-0.25, -0.2) is 12.7 Å². The molecule has 1 aliphatic rings. The van der Waals surface area contributed by atoms with Crippen LogP contribution in [0.1, 0.15) is 26.7 Å². The third-order valence-corrected chi connectivity index (χ3v) is 5.85. The van der Waals surface area contributed by atoms with Gasteiger partial charge >= 0.3 is 0 Å². The average Bonchev–Trinajstić information content (AvgIpc) is 2.92. The molecule has 0 radical (unpaired) electrons. The fraction of sp³-hybridized carbons (Fsp3) is 0.786. The molecule has 7 heteroatoms. The maximum Gasteiger partial charge on any atom is 0.245 e. The van der Waals surface area contributed by atoms with E-state index in [1.54, 1.807) is 17.9 Å². The molecular formula is C14H26N4O2S. The van der Waals surface area contributed by atoms with Gasteiger partial charge in [-0.1, -0.05) is 13.8 Å². The van der Waals surface area contributed by atoms with Gasteiger partial charge in [0.15, 0.2) is 0 Å². The predicted molar refractivity (Wildman–Crippen MR) is 82.5 cm³/mol. The van der Waals surface area contributed by atoms with Gasteiger partial charge in [-0.05, 0) is 37.8 Å². The SMILES string of the molecule is CCNCCCn1cc(S(=O)(=O)N(C)CC2CC2C)cn1. The van der Waals surface area contributed by atoms with E-state index in [0.29, 0.717) is 23.3 Å². The summed E-state index contributed by atoms with van der Waals surface area (Å²) in [5, 5.41) is 7.39. The minimum Gasteiger partial charge on any atom is -0.317 e. The Morgan fingerprint density at radius 3 is 2.86 bits per heavy atom. The summed E-state index contributed by atoms with van der Waals surface area (Å²) in [6.07, 6.45) is 5.15. The highest BCUT2D eigenvalue weighted by Gasteiger charge is 2.36.